The smallest absolute Gasteiger partial charge is 0.317 e. The van der Waals surface area contributed by atoms with E-state index in [4.69, 9.17) is 16.3 Å². The minimum atomic E-state index is -0.244. The SMILES string of the molecule is CCCc1ccc(OCNC(=O)NCCc2ccc(Cl)cc2)cc1. The van der Waals surface area contributed by atoms with Gasteiger partial charge in [0.25, 0.3) is 0 Å². The molecule has 24 heavy (non-hydrogen) atoms. The number of halogens is 1. The summed E-state index contributed by atoms with van der Waals surface area (Å²) in [5.41, 5.74) is 2.42. The lowest BCUT2D eigenvalue weighted by atomic mass is 10.1. The highest BCUT2D eigenvalue weighted by Gasteiger charge is 2.01. The summed E-state index contributed by atoms with van der Waals surface area (Å²) in [6.45, 7) is 2.85. The molecule has 0 aliphatic heterocycles. The van der Waals surface area contributed by atoms with Crippen molar-refractivity contribution < 1.29 is 9.53 Å². The summed E-state index contributed by atoms with van der Waals surface area (Å²) < 4.78 is 5.50. The minimum absolute atomic E-state index is 0.139. The van der Waals surface area contributed by atoms with Crippen molar-refractivity contribution in [2.45, 2.75) is 26.2 Å². The Morgan fingerprint density at radius 3 is 2.25 bits per heavy atom. The molecule has 2 N–H and O–H groups in total. The summed E-state index contributed by atoms with van der Waals surface area (Å²) in [7, 11) is 0. The highest BCUT2D eigenvalue weighted by Crippen LogP contribution is 2.13. The zero-order valence-corrected chi connectivity index (χ0v) is 14.6. The molecule has 0 radical (unpaired) electrons. The number of nitrogens with one attached hydrogen (secondary N) is 2. The lowest BCUT2D eigenvalue weighted by molar-refractivity contribution is 0.224. The van der Waals surface area contributed by atoms with Gasteiger partial charge in [-0.3, -0.25) is 0 Å². The predicted octanol–water partition coefficient (Wildman–Crippen LogP) is 4.17. The normalized spacial score (nSPS) is 10.2. The molecule has 0 aromatic heterocycles. The van der Waals surface area contributed by atoms with Crippen LogP contribution in [0.1, 0.15) is 24.5 Å². The second-order valence-corrected chi connectivity index (χ2v) is 5.93. The number of carbonyl (C=O) groups excluding carboxylic acids is 1. The first-order valence-electron chi connectivity index (χ1n) is 8.15. The van der Waals surface area contributed by atoms with Crippen LogP contribution < -0.4 is 15.4 Å². The van der Waals surface area contributed by atoms with Crippen LogP contribution in [0.25, 0.3) is 0 Å². The van der Waals surface area contributed by atoms with Gasteiger partial charge in [-0.2, -0.15) is 0 Å². The average molecular weight is 347 g/mol. The van der Waals surface area contributed by atoms with Crippen molar-refractivity contribution in [1.82, 2.24) is 10.6 Å². The Morgan fingerprint density at radius 1 is 0.958 bits per heavy atom. The van der Waals surface area contributed by atoms with E-state index < -0.39 is 0 Å². The van der Waals surface area contributed by atoms with E-state index in [1.54, 1.807) is 0 Å². The first-order chi connectivity index (χ1) is 11.7. The Balaban J connectivity index is 1.61. The second kappa shape index (κ2) is 9.83. The topological polar surface area (TPSA) is 50.4 Å². The number of hydrogen-bond donors (Lipinski definition) is 2. The molecule has 0 saturated heterocycles. The molecule has 0 spiro atoms. The van der Waals surface area contributed by atoms with Crippen molar-refractivity contribution in [1.29, 1.82) is 0 Å². The highest BCUT2D eigenvalue weighted by atomic mass is 35.5. The van der Waals surface area contributed by atoms with Gasteiger partial charge < -0.3 is 15.4 Å². The molecule has 0 unspecified atom stereocenters. The molecule has 2 aromatic rings. The van der Waals surface area contributed by atoms with Gasteiger partial charge in [0.2, 0.25) is 0 Å². The fraction of sp³-hybridized carbons (Fsp3) is 0.316. The third kappa shape index (κ3) is 6.50. The Bertz CT molecular complexity index is 627. The van der Waals surface area contributed by atoms with Gasteiger partial charge in [0.05, 0.1) is 0 Å². The number of benzene rings is 2. The number of amides is 2. The molecule has 0 fully saturated rings. The van der Waals surface area contributed by atoms with E-state index in [-0.39, 0.29) is 12.8 Å². The molecule has 2 aromatic carbocycles. The van der Waals surface area contributed by atoms with Crippen LogP contribution in [-0.2, 0) is 12.8 Å². The summed E-state index contributed by atoms with van der Waals surface area (Å²) in [6, 6.07) is 15.3. The lowest BCUT2D eigenvalue weighted by Gasteiger charge is -2.10. The maximum absolute atomic E-state index is 11.7. The minimum Gasteiger partial charge on any atom is -0.473 e. The van der Waals surface area contributed by atoms with Gasteiger partial charge in [-0.25, -0.2) is 4.79 Å². The molecule has 0 bridgehead atoms. The molecule has 2 amide bonds. The Labute approximate surface area is 148 Å². The van der Waals surface area contributed by atoms with E-state index in [2.05, 4.69) is 17.6 Å². The number of urea groups is 1. The number of aryl methyl sites for hydroxylation is 1. The summed E-state index contributed by atoms with van der Waals surface area (Å²) >= 11 is 5.83. The van der Waals surface area contributed by atoms with Crippen molar-refractivity contribution in [2.75, 3.05) is 13.3 Å². The monoisotopic (exact) mass is 346 g/mol. The van der Waals surface area contributed by atoms with Crippen LogP contribution in [0, 0.1) is 0 Å². The first-order valence-corrected chi connectivity index (χ1v) is 8.53. The van der Waals surface area contributed by atoms with Gasteiger partial charge in [0, 0.05) is 11.6 Å². The van der Waals surface area contributed by atoms with Crippen molar-refractivity contribution in [3.8, 4) is 5.75 Å². The maximum atomic E-state index is 11.7. The molecule has 128 valence electrons. The van der Waals surface area contributed by atoms with Crippen LogP contribution in [0.3, 0.4) is 0 Å². The Morgan fingerprint density at radius 2 is 1.58 bits per heavy atom. The summed E-state index contributed by atoms with van der Waals surface area (Å²) in [6.07, 6.45) is 2.94. The molecule has 2 rings (SSSR count). The van der Waals surface area contributed by atoms with Crippen LogP contribution in [0.15, 0.2) is 48.5 Å². The highest BCUT2D eigenvalue weighted by molar-refractivity contribution is 6.30. The molecule has 0 atom stereocenters. The van der Waals surface area contributed by atoms with Gasteiger partial charge in [-0.1, -0.05) is 49.2 Å². The van der Waals surface area contributed by atoms with E-state index in [1.165, 1.54) is 5.56 Å². The summed E-state index contributed by atoms with van der Waals surface area (Å²) in [4.78, 5) is 11.7. The number of rotatable bonds is 8. The van der Waals surface area contributed by atoms with E-state index in [9.17, 15) is 4.79 Å². The molecule has 5 heteroatoms. The first kappa shape index (κ1) is 18.1. The van der Waals surface area contributed by atoms with Crippen LogP contribution in [0.4, 0.5) is 4.79 Å². The van der Waals surface area contributed by atoms with Crippen LogP contribution in [0.2, 0.25) is 5.02 Å². The summed E-state index contributed by atoms with van der Waals surface area (Å²) in [5, 5.41) is 6.18. The molecule has 0 heterocycles. The van der Waals surface area contributed by atoms with E-state index in [1.807, 2.05) is 48.5 Å². The largest absolute Gasteiger partial charge is 0.473 e. The predicted molar refractivity (Wildman–Crippen MR) is 97.6 cm³/mol. The molecular formula is C19H23ClN2O2. The molecule has 0 aliphatic rings. The third-order valence-corrected chi connectivity index (χ3v) is 3.80. The molecule has 4 nitrogen and oxygen atoms in total. The van der Waals surface area contributed by atoms with Gasteiger partial charge in [-0.05, 0) is 48.2 Å². The maximum Gasteiger partial charge on any atom is 0.317 e. The zero-order chi connectivity index (χ0) is 17.2. The molecule has 0 saturated carbocycles. The van der Waals surface area contributed by atoms with Gasteiger partial charge in [0.1, 0.15) is 5.75 Å². The second-order valence-electron chi connectivity index (χ2n) is 5.49. The van der Waals surface area contributed by atoms with Crippen molar-refractivity contribution in [3.63, 3.8) is 0 Å². The van der Waals surface area contributed by atoms with E-state index in [0.717, 1.165) is 30.6 Å². The van der Waals surface area contributed by atoms with E-state index in [0.29, 0.717) is 11.6 Å². The van der Waals surface area contributed by atoms with Crippen LogP contribution in [0.5, 0.6) is 5.75 Å². The summed E-state index contributed by atoms with van der Waals surface area (Å²) in [5.74, 6) is 0.747. The van der Waals surface area contributed by atoms with Crippen LogP contribution in [-0.4, -0.2) is 19.3 Å². The van der Waals surface area contributed by atoms with Gasteiger partial charge in [-0.15, -0.1) is 0 Å². The van der Waals surface area contributed by atoms with Gasteiger partial charge in [0.15, 0.2) is 6.73 Å². The number of hydrogen-bond acceptors (Lipinski definition) is 2. The number of ether oxygens (including phenoxy) is 1. The number of carbonyl (C=O) groups is 1. The van der Waals surface area contributed by atoms with Crippen molar-refractivity contribution >= 4 is 17.6 Å². The van der Waals surface area contributed by atoms with Crippen molar-refractivity contribution in [3.05, 3.63) is 64.7 Å². The van der Waals surface area contributed by atoms with E-state index >= 15 is 0 Å². The fourth-order valence-corrected chi connectivity index (χ4v) is 2.39. The lowest BCUT2D eigenvalue weighted by Crippen LogP contribution is -2.38. The van der Waals surface area contributed by atoms with Gasteiger partial charge >= 0.3 is 6.03 Å². The van der Waals surface area contributed by atoms with Crippen LogP contribution >= 0.6 is 11.6 Å². The Kier molecular flexibility index (Phi) is 7.43. The Hall–Kier alpha value is -2.20. The zero-order valence-electron chi connectivity index (χ0n) is 13.8. The molecule has 0 aliphatic carbocycles. The fourth-order valence-electron chi connectivity index (χ4n) is 2.26. The standard InChI is InChI=1S/C19H23ClN2O2/c1-2-3-15-6-10-18(11-7-15)24-14-22-19(23)21-13-12-16-4-8-17(20)9-5-16/h4-11H,2-3,12-14H2,1H3,(H2,21,22,23). The molecular weight excluding hydrogens is 324 g/mol. The van der Waals surface area contributed by atoms with Crippen molar-refractivity contribution in [2.24, 2.45) is 0 Å². The third-order valence-electron chi connectivity index (χ3n) is 3.55. The average Bonchev–Trinajstić information content (AvgIpc) is 2.58. The quantitative estimate of drug-likeness (QED) is 0.705.